The lowest BCUT2D eigenvalue weighted by Gasteiger charge is -2.14. The van der Waals surface area contributed by atoms with Crippen LogP contribution in [0.2, 0.25) is 0 Å². The molecule has 36 heavy (non-hydrogen) atoms. The number of nitrogens with zero attached hydrogens (tertiary/aromatic N) is 5. The first kappa shape index (κ1) is 28.7. The van der Waals surface area contributed by atoms with E-state index in [9.17, 15) is 31.5 Å². The highest BCUT2D eigenvalue weighted by molar-refractivity contribution is 7.86. The van der Waals surface area contributed by atoms with Crippen molar-refractivity contribution in [2.45, 2.75) is 15.8 Å². The summed E-state index contributed by atoms with van der Waals surface area (Å²) in [5.74, 6) is -2.44. The van der Waals surface area contributed by atoms with Crippen LogP contribution in [0.4, 0.5) is 11.4 Å². The number of hydrogen-bond donors (Lipinski definition) is 3. The van der Waals surface area contributed by atoms with Crippen molar-refractivity contribution in [3.8, 4) is 0 Å². The SMILES string of the molecule is C[N+](C)(C)C.O=C(O)C1=NN(c2ccc(S(=O)(=O)O)cc2)C(=O)C1N=Nc1ccc(S(=O)(=O)O)cc1. The second kappa shape index (κ2) is 10.6. The van der Waals surface area contributed by atoms with E-state index >= 15 is 0 Å². The van der Waals surface area contributed by atoms with E-state index in [-0.39, 0.29) is 11.4 Å². The Labute approximate surface area is 207 Å². The molecule has 1 heterocycles. The maximum atomic E-state index is 12.6. The summed E-state index contributed by atoms with van der Waals surface area (Å²) in [6.07, 6.45) is 0. The minimum Gasteiger partial charge on any atom is -0.477 e. The minimum atomic E-state index is -4.46. The molecule has 0 aliphatic carbocycles. The molecule has 1 amide bonds. The van der Waals surface area contributed by atoms with Gasteiger partial charge in [0.05, 0.1) is 49.4 Å². The topological polar surface area (TPSA) is 203 Å². The molecule has 1 aliphatic rings. The molecule has 16 heteroatoms. The maximum Gasteiger partial charge on any atom is 0.355 e. The Hall–Kier alpha value is -3.57. The Morgan fingerprint density at radius 1 is 0.889 bits per heavy atom. The number of aliphatic carboxylic acids is 1. The van der Waals surface area contributed by atoms with Crippen molar-refractivity contribution in [1.82, 2.24) is 0 Å². The van der Waals surface area contributed by atoms with Crippen molar-refractivity contribution in [3.63, 3.8) is 0 Å². The van der Waals surface area contributed by atoms with Crippen molar-refractivity contribution < 1.29 is 45.1 Å². The van der Waals surface area contributed by atoms with E-state index in [1.807, 2.05) is 0 Å². The Morgan fingerprint density at radius 2 is 1.31 bits per heavy atom. The molecule has 1 unspecified atom stereocenters. The van der Waals surface area contributed by atoms with Gasteiger partial charge < -0.3 is 9.59 Å². The maximum absolute atomic E-state index is 12.6. The van der Waals surface area contributed by atoms with Gasteiger partial charge in [-0.3, -0.25) is 13.9 Å². The number of anilines is 1. The quantitative estimate of drug-likeness (QED) is 0.274. The van der Waals surface area contributed by atoms with Crippen LogP contribution in [-0.4, -0.2) is 87.4 Å². The molecule has 194 valence electrons. The average molecular weight is 543 g/mol. The standard InChI is InChI=1S/C16H12N4O9S2.C4H12N/c21-15-13(18-17-9-1-5-11(6-2-9)30(24,25)26)14(16(22)23)19-20(15)10-3-7-12(8-4-10)31(27,28)29;1-5(2,3)4/h1-8,13H,(H,22,23)(H,24,25,26)(H,27,28,29);1-4H3/q;+1. The van der Waals surface area contributed by atoms with Crippen LogP contribution in [-0.2, 0) is 29.8 Å². The number of rotatable bonds is 6. The number of amides is 1. The van der Waals surface area contributed by atoms with Crippen LogP contribution < -0.4 is 5.01 Å². The van der Waals surface area contributed by atoms with Gasteiger partial charge in [0.25, 0.3) is 26.1 Å². The highest BCUT2D eigenvalue weighted by Crippen LogP contribution is 2.25. The summed E-state index contributed by atoms with van der Waals surface area (Å²) >= 11 is 0. The van der Waals surface area contributed by atoms with Gasteiger partial charge >= 0.3 is 5.97 Å². The summed E-state index contributed by atoms with van der Waals surface area (Å²) in [7, 11) is -0.376. The van der Waals surface area contributed by atoms with Crippen LogP contribution in [0.3, 0.4) is 0 Å². The van der Waals surface area contributed by atoms with Gasteiger partial charge in [0.15, 0.2) is 5.71 Å². The molecule has 1 aliphatic heterocycles. The molecule has 14 nitrogen and oxygen atoms in total. The summed E-state index contributed by atoms with van der Waals surface area (Å²) in [6.45, 7) is 0. The number of hydrogen-bond acceptors (Lipinski definition) is 9. The van der Waals surface area contributed by atoms with Crippen LogP contribution in [0.5, 0.6) is 0 Å². The molecule has 2 aromatic carbocycles. The molecule has 0 saturated carbocycles. The first-order valence-electron chi connectivity index (χ1n) is 9.88. The Kier molecular flexibility index (Phi) is 8.43. The third-order valence-electron chi connectivity index (χ3n) is 3.93. The first-order valence-corrected chi connectivity index (χ1v) is 12.8. The number of carbonyl (C=O) groups excluding carboxylic acids is 1. The fourth-order valence-corrected chi connectivity index (χ4v) is 3.42. The molecular weight excluding hydrogens is 518 g/mol. The van der Waals surface area contributed by atoms with Crippen LogP contribution in [0.1, 0.15) is 0 Å². The number of carbonyl (C=O) groups is 2. The van der Waals surface area contributed by atoms with E-state index in [1.165, 1.54) is 12.1 Å². The van der Waals surface area contributed by atoms with E-state index in [2.05, 4.69) is 43.5 Å². The van der Waals surface area contributed by atoms with E-state index in [4.69, 9.17) is 9.11 Å². The highest BCUT2D eigenvalue weighted by Gasteiger charge is 2.41. The van der Waals surface area contributed by atoms with Crippen LogP contribution in [0.15, 0.2) is 73.7 Å². The molecule has 0 aromatic heterocycles. The monoisotopic (exact) mass is 542 g/mol. The van der Waals surface area contributed by atoms with Crippen LogP contribution in [0, 0.1) is 0 Å². The molecule has 0 spiro atoms. The lowest BCUT2D eigenvalue weighted by molar-refractivity contribution is -0.849. The lowest BCUT2D eigenvalue weighted by atomic mass is 10.2. The van der Waals surface area contributed by atoms with E-state index in [0.29, 0.717) is 5.01 Å². The molecule has 0 fully saturated rings. The molecule has 3 rings (SSSR count). The summed E-state index contributed by atoms with van der Waals surface area (Å²) in [5, 5.41) is 21.1. The largest absolute Gasteiger partial charge is 0.477 e. The first-order chi connectivity index (χ1) is 16.4. The summed E-state index contributed by atoms with van der Waals surface area (Å²) in [5.41, 5.74) is -0.561. The molecule has 0 saturated heterocycles. The summed E-state index contributed by atoms with van der Waals surface area (Å²) in [6, 6.07) is 7.07. The zero-order valence-electron chi connectivity index (χ0n) is 19.5. The van der Waals surface area contributed by atoms with Gasteiger partial charge in [-0.1, -0.05) is 0 Å². The van der Waals surface area contributed by atoms with Gasteiger partial charge in [0.1, 0.15) is 0 Å². The number of quaternary nitrogens is 1. The Bertz CT molecular complexity index is 1410. The summed E-state index contributed by atoms with van der Waals surface area (Å²) in [4.78, 5) is 23.3. The molecular formula is C20H24N5O9S2+. The van der Waals surface area contributed by atoms with Crippen molar-refractivity contribution in [2.75, 3.05) is 33.2 Å². The number of hydrazone groups is 1. The predicted molar refractivity (Wildman–Crippen MR) is 127 cm³/mol. The molecule has 2 aromatic rings. The predicted octanol–water partition coefficient (Wildman–Crippen LogP) is 1.44. The normalized spacial score (nSPS) is 16.5. The zero-order valence-corrected chi connectivity index (χ0v) is 21.2. The van der Waals surface area contributed by atoms with Gasteiger partial charge in [0.2, 0.25) is 6.04 Å². The van der Waals surface area contributed by atoms with E-state index in [0.717, 1.165) is 40.9 Å². The van der Waals surface area contributed by atoms with Crippen LogP contribution >= 0.6 is 0 Å². The van der Waals surface area contributed by atoms with Gasteiger partial charge in [-0.2, -0.15) is 37.2 Å². The third-order valence-corrected chi connectivity index (χ3v) is 5.67. The van der Waals surface area contributed by atoms with Crippen LogP contribution in [0.25, 0.3) is 0 Å². The third kappa shape index (κ3) is 7.99. The zero-order chi connectivity index (χ0) is 27.5. The summed E-state index contributed by atoms with van der Waals surface area (Å²) < 4.78 is 63.3. The Balaban J connectivity index is 0.000000830. The Morgan fingerprint density at radius 3 is 1.69 bits per heavy atom. The molecule has 3 N–H and O–H groups in total. The number of carboxylic acid groups (broad SMARTS) is 1. The fourth-order valence-electron chi connectivity index (χ4n) is 2.46. The van der Waals surface area contributed by atoms with Crippen molar-refractivity contribution >= 4 is 49.2 Å². The van der Waals surface area contributed by atoms with E-state index in [1.54, 1.807) is 0 Å². The lowest BCUT2D eigenvalue weighted by Crippen LogP contribution is -2.33. The smallest absolute Gasteiger partial charge is 0.355 e. The van der Waals surface area contributed by atoms with Crippen molar-refractivity contribution in [2.24, 2.45) is 15.3 Å². The highest BCUT2D eigenvalue weighted by atomic mass is 32.2. The van der Waals surface area contributed by atoms with Gasteiger partial charge in [-0.15, -0.1) is 0 Å². The van der Waals surface area contributed by atoms with Gasteiger partial charge in [0, 0.05) is 0 Å². The van der Waals surface area contributed by atoms with Crippen molar-refractivity contribution in [3.05, 3.63) is 48.5 Å². The fraction of sp³-hybridized carbons (Fsp3) is 0.250. The van der Waals surface area contributed by atoms with Gasteiger partial charge in [-0.25, -0.2) is 4.79 Å². The molecule has 1 atom stereocenters. The number of azo groups is 1. The second-order valence-corrected chi connectivity index (χ2v) is 11.5. The van der Waals surface area contributed by atoms with E-state index < -0.39 is 53.7 Å². The molecule has 0 bridgehead atoms. The second-order valence-electron chi connectivity index (χ2n) is 8.68. The number of carboxylic acids is 1. The van der Waals surface area contributed by atoms with Crippen molar-refractivity contribution in [1.29, 1.82) is 0 Å². The molecule has 0 radical (unpaired) electrons. The average Bonchev–Trinajstić information content (AvgIpc) is 3.07. The minimum absolute atomic E-state index is 0.0198. The number of benzene rings is 2. The van der Waals surface area contributed by atoms with Gasteiger partial charge in [-0.05, 0) is 48.5 Å².